The summed E-state index contributed by atoms with van der Waals surface area (Å²) in [4.78, 5) is 14.5. The van der Waals surface area contributed by atoms with Crippen molar-refractivity contribution in [1.29, 1.82) is 0 Å². The number of hydrogen-bond donors (Lipinski definition) is 1. The van der Waals surface area contributed by atoms with E-state index in [0.717, 1.165) is 38.1 Å². The van der Waals surface area contributed by atoms with Crippen molar-refractivity contribution >= 4 is 5.91 Å². The molecule has 0 aromatic rings. The molecule has 3 heteroatoms. The maximum atomic E-state index is 12.5. The summed E-state index contributed by atoms with van der Waals surface area (Å²) in [5.41, 5.74) is 0.370. The molecule has 1 saturated heterocycles. The van der Waals surface area contributed by atoms with Crippen LogP contribution in [0.2, 0.25) is 0 Å². The molecule has 2 rings (SSSR count). The average molecular weight is 267 g/mol. The van der Waals surface area contributed by atoms with Gasteiger partial charge in [0.25, 0.3) is 0 Å². The number of amides is 1. The molecule has 1 heterocycles. The topological polar surface area (TPSA) is 40.5 Å². The molecule has 0 radical (unpaired) electrons. The number of likely N-dealkylation sites (tertiary alicyclic amines) is 1. The third kappa shape index (κ3) is 3.31. The molecule has 1 aliphatic carbocycles. The summed E-state index contributed by atoms with van der Waals surface area (Å²) in [6.07, 6.45) is 6.45. The molecule has 0 aromatic heterocycles. The van der Waals surface area contributed by atoms with E-state index in [0.29, 0.717) is 11.3 Å². The molecule has 1 atom stereocenters. The molecule has 0 bridgehead atoms. The van der Waals surface area contributed by atoms with E-state index in [1.54, 1.807) is 0 Å². The van der Waals surface area contributed by atoms with Crippen LogP contribution in [0.3, 0.4) is 0 Å². The first-order valence-electron chi connectivity index (χ1n) is 7.85. The van der Waals surface area contributed by atoms with E-state index in [1.165, 1.54) is 12.8 Å². The van der Waals surface area contributed by atoms with E-state index < -0.39 is 0 Å². The largest absolute Gasteiger partial charge is 0.394 e. The number of carbonyl (C=O) groups excluding carboxylic acids is 1. The van der Waals surface area contributed by atoms with Crippen LogP contribution < -0.4 is 0 Å². The van der Waals surface area contributed by atoms with Gasteiger partial charge in [-0.2, -0.15) is 0 Å². The summed E-state index contributed by atoms with van der Waals surface area (Å²) in [7, 11) is 0. The zero-order valence-corrected chi connectivity index (χ0v) is 12.7. The van der Waals surface area contributed by atoms with Crippen LogP contribution in [0.5, 0.6) is 0 Å². The Bertz CT molecular complexity index is 313. The highest BCUT2D eigenvalue weighted by atomic mass is 16.3. The lowest BCUT2D eigenvalue weighted by atomic mass is 9.69. The Morgan fingerprint density at radius 1 is 1.16 bits per heavy atom. The summed E-state index contributed by atoms with van der Waals surface area (Å²) in [5, 5.41) is 9.34. The summed E-state index contributed by atoms with van der Waals surface area (Å²) in [6, 6.07) is 0.0906. The first kappa shape index (κ1) is 14.8. The summed E-state index contributed by atoms with van der Waals surface area (Å²) in [5.74, 6) is 1.28. The van der Waals surface area contributed by atoms with Gasteiger partial charge in [0, 0.05) is 12.5 Å². The third-order valence-corrected chi connectivity index (χ3v) is 5.17. The van der Waals surface area contributed by atoms with Crippen LogP contribution in [0.4, 0.5) is 0 Å². The molecule has 1 aliphatic heterocycles. The highest BCUT2D eigenvalue weighted by Gasteiger charge is 2.36. The average Bonchev–Trinajstić information content (AvgIpc) is 2.85. The third-order valence-electron chi connectivity index (χ3n) is 5.17. The molecule has 0 aromatic carbocycles. The lowest BCUT2D eigenvalue weighted by Crippen LogP contribution is -2.42. The summed E-state index contributed by atoms with van der Waals surface area (Å²) < 4.78 is 0. The molecule has 2 fully saturated rings. The maximum Gasteiger partial charge on any atom is 0.226 e. The van der Waals surface area contributed by atoms with E-state index in [2.05, 4.69) is 20.8 Å². The van der Waals surface area contributed by atoms with Crippen molar-refractivity contribution in [1.82, 2.24) is 4.90 Å². The van der Waals surface area contributed by atoms with Gasteiger partial charge >= 0.3 is 0 Å². The Morgan fingerprint density at radius 3 is 2.32 bits per heavy atom. The Morgan fingerprint density at radius 2 is 1.79 bits per heavy atom. The van der Waals surface area contributed by atoms with E-state index >= 15 is 0 Å². The highest BCUT2D eigenvalue weighted by Crippen LogP contribution is 2.40. The van der Waals surface area contributed by atoms with Gasteiger partial charge in [0.1, 0.15) is 0 Å². The molecular weight excluding hydrogens is 238 g/mol. The number of rotatable bonds is 2. The van der Waals surface area contributed by atoms with Crippen LogP contribution in [0.25, 0.3) is 0 Å². The Hall–Kier alpha value is -0.570. The minimum atomic E-state index is 0.0906. The van der Waals surface area contributed by atoms with Crippen LogP contribution >= 0.6 is 0 Å². The summed E-state index contributed by atoms with van der Waals surface area (Å²) >= 11 is 0. The zero-order valence-electron chi connectivity index (χ0n) is 12.7. The lowest BCUT2D eigenvalue weighted by molar-refractivity contribution is -0.138. The summed E-state index contributed by atoms with van der Waals surface area (Å²) in [6.45, 7) is 7.90. The molecular formula is C16H29NO2. The molecule has 1 amide bonds. The van der Waals surface area contributed by atoms with Gasteiger partial charge in [0.2, 0.25) is 5.91 Å². The number of aliphatic hydroxyl groups is 1. The first-order chi connectivity index (χ1) is 8.93. The second-order valence-electron chi connectivity index (χ2n) is 7.42. The van der Waals surface area contributed by atoms with Crippen molar-refractivity contribution in [3.63, 3.8) is 0 Å². The molecule has 2 aliphatic rings. The Labute approximate surface area is 117 Å². The maximum absolute atomic E-state index is 12.5. The monoisotopic (exact) mass is 267 g/mol. The van der Waals surface area contributed by atoms with Crippen LogP contribution in [-0.4, -0.2) is 35.1 Å². The predicted octanol–water partition coefficient (Wildman–Crippen LogP) is 2.82. The molecule has 1 N–H and O–H groups in total. The number of nitrogens with zero attached hydrogens (tertiary/aromatic N) is 1. The fourth-order valence-electron chi connectivity index (χ4n) is 3.76. The normalized spacial score (nSPS) is 32.6. The van der Waals surface area contributed by atoms with E-state index in [1.807, 2.05) is 4.90 Å². The van der Waals surface area contributed by atoms with Gasteiger partial charge in [-0.1, -0.05) is 20.8 Å². The highest BCUT2D eigenvalue weighted by molar-refractivity contribution is 5.79. The smallest absolute Gasteiger partial charge is 0.226 e. The molecule has 0 spiro atoms. The van der Waals surface area contributed by atoms with Crippen molar-refractivity contribution in [3.05, 3.63) is 0 Å². The second kappa shape index (κ2) is 5.82. The van der Waals surface area contributed by atoms with E-state index in [9.17, 15) is 9.90 Å². The van der Waals surface area contributed by atoms with Gasteiger partial charge in [-0.15, -0.1) is 0 Å². The van der Waals surface area contributed by atoms with Crippen LogP contribution in [0, 0.1) is 17.3 Å². The SMILES string of the molecule is CC(C)(C)C1CCC(C(=O)N2CCC[C@@H]2CO)CC1. The molecule has 1 saturated carbocycles. The number of aliphatic hydroxyl groups excluding tert-OH is 1. The number of carbonyl (C=O) groups is 1. The molecule has 19 heavy (non-hydrogen) atoms. The zero-order chi connectivity index (χ0) is 14.0. The Balaban J connectivity index is 1.89. The van der Waals surface area contributed by atoms with Crippen molar-refractivity contribution in [2.75, 3.05) is 13.2 Å². The first-order valence-corrected chi connectivity index (χ1v) is 7.85. The fourth-order valence-corrected chi connectivity index (χ4v) is 3.76. The van der Waals surface area contributed by atoms with Gasteiger partial charge in [-0.3, -0.25) is 4.79 Å². The van der Waals surface area contributed by atoms with Crippen molar-refractivity contribution in [2.24, 2.45) is 17.3 Å². The van der Waals surface area contributed by atoms with Crippen LogP contribution in [0.1, 0.15) is 59.3 Å². The lowest BCUT2D eigenvalue weighted by Gasteiger charge is -2.38. The molecule has 110 valence electrons. The Kier molecular flexibility index (Phi) is 4.54. The van der Waals surface area contributed by atoms with Crippen LogP contribution in [0.15, 0.2) is 0 Å². The standard InChI is InChI=1S/C16H29NO2/c1-16(2,3)13-8-6-12(7-9-13)15(19)17-10-4-5-14(17)11-18/h12-14,18H,4-11H2,1-3H3/t12?,13?,14-/m1/s1. The second-order valence-corrected chi connectivity index (χ2v) is 7.42. The van der Waals surface area contributed by atoms with E-state index in [-0.39, 0.29) is 18.6 Å². The number of hydrogen-bond acceptors (Lipinski definition) is 2. The van der Waals surface area contributed by atoms with Crippen molar-refractivity contribution in [2.45, 2.75) is 65.3 Å². The molecule has 3 nitrogen and oxygen atoms in total. The minimum Gasteiger partial charge on any atom is -0.394 e. The van der Waals surface area contributed by atoms with Gasteiger partial charge in [-0.05, 0) is 49.9 Å². The van der Waals surface area contributed by atoms with Gasteiger partial charge < -0.3 is 10.0 Å². The fraction of sp³-hybridized carbons (Fsp3) is 0.938. The van der Waals surface area contributed by atoms with Gasteiger partial charge in [-0.25, -0.2) is 0 Å². The van der Waals surface area contributed by atoms with Crippen molar-refractivity contribution < 1.29 is 9.90 Å². The quantitative estimate of drug-likeness (QED) is 0.836. The van der Waals surface area contributed by atoms with Crippen LogP contribution in [-0.2, 0) is 4.79 Å². The van der Waals surface area contributed by atoms with Crippen molar-refractivity contribution in [3.8, 4) is 0 Å². The molecule has 0 unspecified atom stereocenters. The van der Waals surface area contributed by atoms with Gasteiger partial charge in [0.15, 0.2) is 0 Å². The predicted molar refractivity (Wildman–Crippen MR) is 76.7 cm³/mol. The van der Waals surface area contributed by atoms with E-state index in [4.69, 9.17) is 0 Å². The minimum absolute atomic E-state index is 0.0906. The van der Waals surface area contributed by atoms with Gasteiger partial charge in [0.05, 0.1) is 12.6 Å².